The van der Waals surface area contributed by atoms with Crippen LogP contribution in [0, 0.1) is 23.2 Å². The molecule has 1 aromatic carbocycles. The van der Waals surface area contributed by atoms with E-state index in [-0.39, 0.29) is 29.3 Å². The van der Waals surface area contributed by atoms with E-state index in [1.807, 2.05) is 6.07 Å². The minimum Gasteiger partial charge on any atom is -0.461 e. The van der Waals surface area contributed by atoms with Crippen molar-refractivity contribution in [1.29, 1.82) is 0 Å². The SMILES string of the molecule is C[C@@H]1CCC[C@]2(C)C[C@H]3OC(=O)[C@@H](C[NH+](C)Cc4ccccc4)[C@H]3C=C12. The molecular formula is C23H32NO2+. The van der Waals surface area contributed by atoms with Gasteiger partial charge in [-0.1, -0.05) is 62.2 Å². The summed E-state index contributed by atoms with van der Waals surface area (Å²) in [6.07, 6.45) is 7.41. The van der Waals surface area contributed by atoms with E-state index in [0.717, 1.165) is 19.5 Å². The third-order valence-corrected chi connectivity index (χ3v) is 7.00. The maximum atomic E-state index is 12.7. The van der Waals surface area contributed by atoms with Crippen molar-refractivity contribution in [3.8, 4) is 0 Å². The van der Waals surface area contributed by atoms with Crippen LogP contribution in [-0.4, -0.2) is 25.7 Å². The quantitative estimate of drug-likeness (QED) is 0.666. The van der Waals surface area contributed by atoms with Crippen molar-refractivity contribution in [2.24, 2.45) is 23.2 Å². The Kier molecular flexibility index (Phi) is 4.68. The molecule has 1 saturated carbocycles. The van der Waals surface area contributed by atoms with Gasteiger partial charge >= 0.3 is 5.97 Å². The second kappa shape index (κ2) is 6.84. The van der Waals surface area contributed by atoms with Crippen molar-refractivity contribution in [2.45, 2.75) is 52.2 Å². The molecule has 3 nitrogen and oxygen atoms in total. The monoisotopic (exact) mass is 354 g/mol. The van der Waals surface area contributed by atoms with Crippen molar-refractivity contribution in [3.05, 3.63) is 47.5 Å². The molecule has 0 bridgehead atoms. The number of rotatable bonds is 4. The van der Waals surface area contributed by atoms with Crippen LogP contribution >= 0.6 is 0 Å². The van der Waals surface area contributed by atoms with Gasteiger partial charge in [0.15, 0.2) is 0 Å². The smallest absolute Gasteiger partial charge is 0.315 e. The van der Waals surface area contributed by atoms with E-state index in [9.17, 15) is 4.79 Å². The molecular weight excluding hydrogens is 322 g/mol. The van der Waals surface area contributed by atoms with Gasteiger partial charge in [0.05, 0.1) is 13.6 Å². The number of esters is 1. The third kappa shape index (κ3) is 3.22. The van der Waals surface area contributed by atoms with Gasteiger partial charge in [0.25, 0.3) is 0 Å². The Bertz CT molecular complexity index is 697. The van der Waals surface area contributed by atoms with E-state index in [4.69, 9.17) is 4.74 Å². The van der Waals surface area contributed by atoms with Gasteiger partial charge in [0.2, 0.25) is 0 Å². The molecule has 26 heavy (non-hydrogen) atoms. The van der Waals surface area contributed by atoms with Crippen molar-refractivity contribution >= 4 is 5.97 Å². The van der Waals surface area contributed by atoms with Crippen LogP contribution in [0.2, 0.25) is 0 Å². The van der Waals surface area contributed by atoms with Gasteiger partial charge in [-0.3, -0.25) is 4.79 Å². The zero-order valence-electron chi connectivity index (χ0n) is 16.3. The summed E-state index contributed by atoms with van der Waals surface area (Å²) in [5, 5.41) is 0. The first-order valence-corrected chi connectivity index (χ1v) is 10.2. The van der Waals surface area contributed by atoms with Gasteiger partial charge in [0, 0.05) is 11.5 Å². The Morgan fingerprint density at radius 1 is 1.27 bits per heavy atom. The van der Waals surface area contributed by atoms with Crippen LogP contribution in [0.3, 0.4) is 0 Å². The molecule has 0 radical (unpaired) electrons. The van der Waals surface area contributed by atoms with Crippen LogP contribution in [0.4, 0.5) is 0 Å². The van der Waals surface area contributed by atoms with Crippen molar-refractivity contribution in [2.75, 3.05) is 13.6 Å². The molecule has 140 valence electrons. The Labute approximate surface area is 157 Å². The number of benzene rings is 1. The molecule has 6 atom stereocenters. The number of carbonyl (C=O) groups excluding carboxylic acids is 1. The lowest BCUT2D eigenvalue weighted by atomic mass is 9.59. The summed E-state index contributed by atoms with van der Waals surface area (Å²) < 4.78 is 5.88. The van der Waals surface area contributed by atoms with Crippen LogP contribution < -0.4 is 4.90 Å². The molecule has 1 saturated heterocycles. The number of carbonyl (C=O) groups is 1. The second-order valence-corrected chi connectivity index (χ2v) is 9.16. The van der Waals surface area contributed by atoms with Gasteiger partial charge < -0.3 is 9.64 Å². The van der Waals surface area contributed by atoms with Gasteiger partial charge in [-0.05, 0) is 30.6 Å². The average Bonchev–Trinajstić information content (AvgIpc) is 2.88. The lowest BCUT2D eigenvalue weighted by molar-refractivity contribution is -0.896. The number of nitrogens with one attached hydrogen (secondary N) is 1. The fourth-order valence-corrected chi connectivity index (χ4v) is 5.67. The third-order valence-electron chi connectivity index (χ3n) is 7.00. The van der Waals surface area contributed by atoms with E-state index in [1.54, 1.807) is 5.57 Å². The van der Waals surface area contributed by atoms with Crippen LogP contribution in [-0.2, 0) is 16.1 Å². The molecule has 1 aromatic rings. The fourth-order valence-electron chi connectivity index (χ4n) is 5.67. The second-order valence-electron chi connectivity index (χ2n) is 9.16. The predicted octanol–water partition coefficient (Wildman–Crippen LogP) is 3.02. The van der Waals surface area contributed by atoms with E-state index < -0.39 is 0 Å². The van der Waals surface area contributed by atoms with Crippen LogP contribution in [0.5, 0.6) is 0 Å². The number of ether oxygens (including phenoxy) is 1. The largest absolute Gasteiger partial charge is 0.461 e. The Hall–Kier alpha value is -1.61. The first-order valence-electron chi connectivity index (χ1n) is 10.2. The predicted molar refractivity (Wildman–Crippen MR) is 103 cm³/mol. The molecule has 0 spiro atoms. The summed E-state index contributed by atoms with van der Waals surface area (Å²) in [6, 6.07) is 10.5. The molecule has 2 fully saturated rings. The maximum Gasteiger partial charge on any atom is 0.315 e. The highest BCUT2D eigenvalue weighted by molar-refractivity contribution is 5.76. The zero-order valence-corrected chi connectivity index (χ0v) is 16.3. The molecule has 1 unspecified atom stereocenters. The first kappa shape index (κ1) is 17.8. The highest BCUT2D eigenvalue weighted by Crippen LogP contribution is 2.53. The first-order chi connectivity index (χ1) is 12.5. The van der Waals surface area contributed by atoms with Crippen molar-refractivity contribution in [3.63, 3.8) is 0 Å². The molecule has 1 aliphatic heterocycles. The van der Waals surface area contributed by atoms with Crippen molar-refractivity contribution in [1.82, 2.24) is 0 Å². The molecule has 1 N–H and O–H groups in total. The van der Waals surface area contributed by atoms with E-state index in [0.29, 0.717) is 5.92 Å². The van der Waals surface area contributed by atoms with Crippen LogP contribution in [0.1, 0.15) is 45.1 Å². The highest BCUT2D eigenvalue weighted by Gasteiger charge is 2.52. The number of hydrogen-bond donors (Lipinski definition) is 1. The molecule has 0 aromatic heterocycles. The fraction of sp³-hybridized carbons (Fsp3) is 0.609. The van der Waals surface area contributed by atoms with Crippen LogP contribution in [0.25, 0.3) is 0 Å². The van der Waals surface area contributed by atoms with Gasteiger partial charge in [-0.15, -0.1) is 0 Å². The van der Waals surface area contributed by atoms with Crippen molar-refractivity contribution < 1.29 is 14.4 Å². The van der Waals surface area contributed by atoms with E-state index in [1.165, 1.54) is 29.7 Å². The highest BCUT2D eigenvalue weighted by atomic mass is 16.6. The van der Waals surface area contributed by atoms with Gasteiger partial charge in [-0.2, -0.15) is 0 Å². The van der Waals surface area contributed by atoms with E-state index >= 15 is 0 Å². The van der Waals surface area contributed by atoms with Gasteiger partial charge in [-0.25, -0.2) is 0 Å². The number of quaternary nitrogens is 1. The number of allylic oxidation sites excluding steroid dienone is 1. The zero-order chi connectivity index (χ0) is 18.3. The maximum absolute atomic E-state index is 12.7. The standard InChI is InChI=1S/C23H31NO2/c1-16-8-7-11-23(2)13-21-18(12-20(16)23)19(22(25)26-21)15-24(3)14-17-9-5-4-6-10-17/h4-6,9-10,12,16,18-19,21H,7-8,11,13-15H2,1-3H3/p+1/t16-,18-,19+,21-,23-/m1/s1. The summed E-state index contributed by atoms with van der Waals surface area (Å²) in [5.74, 6) is 0.964. The summed E-state index contributed by atoms with van der Waals surface area (Å²) in [5.41, 5.74) is 3.17. The molecule has 1 heterocycles. The van der Waals surface area contributed by atoms with E-state index in [2.05, 4.69) is 51.2 Å². The summed E-state index contributed by atoms with van der Waals surface area (Å²) in [7, 11) is 2.19. The van der Waals surface area contributed by atoms with Gasteiger partial charge in [0.1, 0.15) is 18.6 Å². The summed E-state index contributed by atoms with van der Waals surface area (Å²) >= 11 is 0. The lowest BCUT2D eigenvalue weighted by Gasteiger charge is -2.46. The summed E-state index contributed by atoms with van der Waals surface area (Å²) in [4.78, 5) is 14.0. The Morgan fingerprint density at radius 2 is 2.04 bits per heavy atom. The van der Waals surface area contributed by atoms with Crippen LogP contribution in [0.15, 0.2) is 42.0 Å². The topological polar surface area (TPSA) is 30.7 Å². The Morgan fingerprint density at radius 3 is 2.81 bits per heavy atom. The summed E-state index contributed by atoms with van der Waals surface area (Å²) in [6.45, 7) is 6.55. The molecule has 2 aliphatic carbocycles. The molecule has 0 amide bonds. The minimum atomic E-state index is 0.00916. The Balaban J connectivity index is 1.51. The molecule has 4 rings (SSSR count). The lowest BCUT2D eigenvalue weighted by Crippen LogP contribution is -3.08. The molecule has 3 heteroatoms. The average molecular weight is 355 g/mol. The minimum absolute atomic E-state index is 0.00916. The molecule has 3 aliphatic rings. The normalized spacial score (nSPS) is 37.3. The number of hydrogen-bond acceptors (Lipinski definition) is 2. The number of fused-ring (bicyclic) bond motifs is 2.